The van der Waals surface area contributed by atoms with Gasteiger partial charge in [-0.1, -0.05) is 0 Å². The van der Waals surface area contributed by atoms with Gasteiger partial charge < -0.3 is 208 Å². The average molecular weight is 1450 g/mol. The molecule has 40 atom stereocenters. The zero-order chi connectivity index (χ0) is 71.6. The fourth-order valence-corrected chi connectivity index (χ4v) is 12.9. The van der Waals surface area contributed by atoms with E-state index in [4.69, 9.17) is 85.3 Å². The highest BCUT2D eigenvalue weighted by atomic mass is 16.8. The van der Waals surface area contributed by atoms with Crippen LogP contribution in [0.25, 0.3) is 0 Å². The highest BCUT2D eigenvalue weighted by Gasteiger charge is 2.60. The first-order valence-electron chi connectivity index (χ1n) is 31.9. The van der Waals surface area contributed by atoms with Crippen LogP contribution in [0.1, 0.15) is 6.42 Å². The molecule has 14 bridgehead atoms. The lowest BCUT2D eigenvalue weighted by Crippen LogP contribution is -2.68. The molecular formula is C57H90O42. The predicted molar refractivity (Wildman–Crippen MR) is 303 cm³/mol. The molecule has 570 valence electrons. The van der Waals surface area contributed by atoms with Crippen LogP contribution in [0, 0.1) is 0 Å². The molecule has 1 aromatic rings. The van der Waals surface area contributed by atoms with Gasteiger partial charge in [-0.15, -0.1) is 0 Å². The van der Waals surface area contributed by atoms with Crippen molar-refractivity contribution in [1.82, 2.24) is 0 Å². The first kappa shape index (κ1) is 78.8. The first-order chi connectivity index (χ1) is 47.3. The second kappa shape index (κ2) is 34.6. The zero-order valence-electron chi connectivity index (χ0n) is 52.3. The van der Waals surface area contributed by atoms with E-state index in [1.54, 1.807) is 0 Å². The number of hydrogen-bond donors (Lipinski definition) is 24. The van der Waals surface area contributed by atoms with E-state index in [-0.39, 0.29) is 25.4 Å². The summed E-state index contributed by atoms with van der Waals surface area (Å²) in [5.41, 5.74) is 0. The lowest BCUT2D eigenvalue weighted by molar-refractivity contribution is -0.397. The number of aliphatic hydroxyl groups excluding tert-OH is 24. The van der Waals surface area contributed by atoms with Gasteiger partial charge in [-0.2, -0.15) is 0 Å². The van der Waals surface area contributed by atoms with E-state index in [0.717, 1.165) is 0 Å². The number of hydrogen-bond acceptors (Lipinski definition) is 42. The number of benzene rings is 1. The molecule has 22 heterocycles. The predicted octanol–water partition coefficient (Wildman–Crippen LogP) is -15.6. The summed E-state index contributed by atoms with van der Waals surface area (Å²) in [6, 6.07) is 5.81. The van der Waals surface area contributed by atoms with E-state index in [1.165, 1.54) is 24.3 Å². The second-order valence-electron chi connectivity index (χ2n) is 25.0. The van der Waals surface area contributed by atoms with Crippen LogP contribution in [0.5, 0.6) is 11.5 Å². The molecule has 0 amide bonds. The Kier molecular flexibility index (Phi) is 27.6. The van der Waals surface area contributed by atoms with E-state index in [1.807, 2.05) is 0 Å². The molecule has 0 unspecified atom stereocenters. The maximum Gasteiger partial charge on any atom is 0.229 e. The normalized spacial score (nSPS) is 50.3. The Bertz CT molecular complexity index is 2580. The Morgan fingerprint density at radius 3 is 0.768 bits per heavy atom. The minimum Gasteiger partial charge on any atom is -0.494 e. The van der Waals surface area contributed by atoms with Crippen LogP contribution in [0.3, 0.4) is 0 Å². The summed E-state index contributed by atoms with van der Waals surface area (Å²) in [4.78, 5) is 0. The van der Waals surface area contributed by atoms with Crippen LogP contribution in [0.2, 0.25) is 0 Å². The molecule has 23 rings (SSSR count). The molecule has 1 aromatic carbocycles. The molecule has 0 saturated carbocycles. The minimum absolute atomic E-state index is 0.0295. The fourth-order valence-electron chi connectivity index (χ4n) is 12.9. The summed E-state index contributed by atoms with van der Waals surface area (Å²) in [6.45, 7) is -7.94. The van der Waals surface area contributed by atoms with Gasteiger partial charge in [-0.3, -0.25) is 0 Å². The molecule has 24 N–H and O–H groups in total. The third-order valence-corrected chi connectivity index (χ3v) is 18.5. The molecule has 0 aliphatic carbocycles. The number of ether oxygens (including phenoxy) is 18. The molecule has 0 aromatic heterocycles. The van der Waals surface area contributed by atoms with Crippen LogP contribution >= 0.6 is 0 Å². The summed E-state index contributed by atoms with van der Waals surface area (Å²) in [6.07, 6.45) is -79.0. The van der Waals surface area contributed by atoms with Gasteiger partial charge in [0.1, 0.15) is 207 Å². The topological polar surface area (TPSA) is 652 Å². The summed E-state index contributed by atoms with van der Waals surface area (Å²) in [5.74, 6) is 0.437. The molecule has 99 heavy (non-hydrogen) atoms. The van der Waals surface area contributed by atoms with Crippen LogP contribution < -0.4 is 9.47 Å². The molecule has 22 saturated heterocycles. The van der Waals surface area contributed by atoms with E-state index >= 15 is 0 Å². The zero-order valence-corrected chi connectivity index (χ0v) is 52.3. The van der Waals surface area contributed by atoms with Crippen molar-refractivity contribution < 1.29 is 208 Å². The van der Waals surface area contributed by atoms with Crippen molar-refractivity contribution in [2.45, 2.75) is 252 Å². The van der Waals surface area contributed by atoms with Gasteiger partial charge >= 0.3 is 0 Å². The molecule has 0 spiro atoms. The number of aliphatic hydroxyl groups is 24. The van der Waals surface area contributed by atoms with Crippen molar-refractivity contribution in [2.75, 3.05) is 66.1 Å². The Morgan fingerprint density at radius 1 is 0.242 bits per heavy atom. The smallest absolute Gasteiger partial charge is 0.229 e. The Labute approximate surface area is 560 Å². The molecule has 42 heteroatoms. The van der Waals surface area contributed by atoms with Crippen LogP contribution in [-0.2, 0) is 75.8 Å². The Hall–Kier alpha value is -2.78. The van der Waals surface area contributed by atoms with Crippen molar-refractivity contribution in [3.05, 3.63) is 24.3 Å². The largest absolute Gasteiger partial charge is 0.494 e. The maximum absolute atomic E-state index is 11.9. The van der Waals surface area contributed by atoms with E-state index in [9.17, 15) is 123 Å². The van der Waals surface area contributed by atoms with Gasteiger partial charge in [0.2, 0.25) is 6.29 Å². The first-order valence-corrected chi connectivity index (χ1v) is 31.9. The van der Waals surface area contributed by atoms with Gasteiger partial charge in [-0.25, -0.2) is 0 Å². The summed E-state index contributed by atoms with van der Waals surface area (Å²) in [7, 11) is 0. The fraction of sp³-hybridized carbons (Fsp3) is 0.895. The molecule has 22 aliphatic rings. The van der Waals surface area contributed by atoms with Gasteiger partial charge in [0.05, 0.1) is 59.5 Å². The van der Waals surface area contributed by atoms with Crippen molar-refractivity contribution in [2.24, 2.45) is 0 Å². The summed E-state index contributed by atoms with van der Waals surface area (Å²) >= 11 is 0. The average Bonchev–Trinajstić information content (AvgIpc) is 0.789. The van der Waals surface area contributed by atoms with Crippen LogP contribution in [-0.4, -0.2) is 434 Å². The molecule has 0 radical (unpaired) electrons. The van der Waals surface area contributed by atoms with E-state index in [0.29, 0.717) is 5.75 Å². The monoisotopic (exact) mass is 1450 g/mol. The molecule has 22 fully saturated rings. The highest BCUT2D eigenvalue weighted by molar-refractivity contribution is 5.31. The Morgan fingerprint density at radius 2 is 0.495 bits per heavy atom. The van der Waals surface area contributed by atoms with Crippen LogP contribution in [0.15, 0.2) is 24.3 Å². The number of rotatable bonds is 16. The van der Waals surface area contributed by atoms with Gasteiger partial charge in [-0.05, 0) is 24.3 Å². The SMILES string of the molecule is OC[C@H]1O[C@H](Oc2ccc(OCCCOC[C@H]3O[C@@H]4O[C@H]5[C@H](O)[C@@H](O)[C@@H](O[C@H]6[C@H](O)[C@@H](O)[C@@H](O[C@H]7[C@H](O)[C@@H](O)[C@@H](O[C@H]8[C@H](O)[C@@H](O)[C@@H](O[C@H]9[C@H](O)[C@@H](O)[C@@H](O[C@H]%10[C@H](O)[C@@H](O)[C@@H](O[C@H]3[C@H](O)[C@H]4O)O[C@@H]%10CO)O[C@@H]9CO)O[C@@H]8CO)O[C@@H]7CO)O[C@@H]6CO)O[C@@H]5CO)cc2)[C@H](O)[C@@H](O)[C@@H]1O. The summed E-state index contributed by atoms with van der Waals surface area (Å²) in [5, 5.41) is 265. The van der Waals surface area contributed by atoms with Crippen molar-refractivity contribution >= 4 is 0 Å². The molecule has 22 aliphatic heterocycles. The minimum atomic E-state index is -2.26. The third kappa shape index (κ3) is 16.8. The lowest BCUT2D eigenvalue weighted by Gasteiger charge is -2.50. The second-order valence-corrected chi connectivity index (χ2v) is 25.0. The van der Waals surface area contributed by atoms with E-state index in [2.05, 4.69) is 0 Å². The highest BCUT2D eigenvalue weighted by Crippen LogP contribution is 2.40. The van der Waals surface area contributed by atoms with Crippen molar-refractivity contribution in [3.63, 3.8) is 0 Å². The summed E-state index contributed by atoms with van der Waals surface area (Å²) < 4.78 is 104. The van der Waals surface area contributed by atoms with Gasteiger partial charge in [0, 0.05) is 13.0 Å². The van der Waals surface area contributed by atoms with Crippen LogP contribution in [0.4, 0.5) is 0 Å². The van der Waals surface area contributed by atoms with E-state index < -0.39 is 299 Å². The van der Waals surface area contributed by atoms with Crippen molar-refractivity contribution in [3.8, 4) is 11.5 Å². The van der Waals surface area contributed by atoms with Gasteiger partial charge in [0.25, 0.3) is 0 Å². The quantitative estimate of drug-likeness (QED) is 0.0684. The standard InChI is InChI=1S/C57H90O42/c58-8-18-26(65)27(66)35(74)50(85-18)84-17-4-2-16(3-5-17)83-7-1-6-82-15-25-49-34(73)42(81)57(92-25)98-48-24(14-64)90-55(40(79)32(48)71)96-46-22(12-62)88-53(38(77)30(46)69)94-44-20(10-60)86-51(36(75)28(44)67)93-43-19(9-59)87-52(37(76)29(43)68)95-45-21(11-61)89-54(39(78)31(45)70)97-47-23(13-63)91-56(99-49)41(80)33(47)72/h2-5,18-81H,1,6-15H2/t18-,19-,20-,21-,22-,23-,24-,25-,26-,27+,28-,29-,30-,31-,32-,33-,34-,35-,36-,37-,38-,39-,40-,41-,42-,43-,44-,45-,46-,47-,48-,49-,50+,51-,52-,53-,54-,55-,56-,57-/m1/s1. The maximum atomic E-state index is 11.9. The molecular weight excluding hydrogens is 1360 g/mol. The van der Waals surface area contributed by atoms with Crippen molar-refractivity contribution in [1.29, 1.82) is 0 Å². The Balaban J connectivity index is 0.882. The third-order valence-electron chi connectivity index (χ3n) is 18.5. The van der Waals surface area contributed by atoms with Gasteiger partial charge in [0.15, 0.2) is 44.0 Å². The lowest BCUT2D eigenvalue weighted by atomic mass is 9.95. The molecule has 42 nitrogen and oxygen atoms in total.